The van der Waals surface area contributed by atoms with Crippen molar-refractivity contribution in [1.82, 2.24) is 0 Å². The number of ether oxygens (including phenoxy) is 1. The predicted molar refractivity (Wildman–Crippen MR) is 85.8 cm³/mol. The van der Waals surface area contributed by atoms with E-state index >= 15 is 0 Å². The van der Waals surface area contributed by atoms with Crippen molar-refractivity contribution >= 4 is 17.6 Å². The minimum absolute atomic E-state index is 0.0265. The molecule has 0 fully saturated rings. The second-order valence-corrected chi connectivity index (χ2v) is 5.36. The number of carbonyl (C=O) groups is 2. The standard InChI is InChI=1S/C18H16F3NO3/c1-12(25-16(23)11-13-5-3-2-4-6-13)17(24)22-15-9-7-14(8-10-15)18(19,20)21/h2-10,12H,11H2,1H3,(H,22,24)/t12-/m1/s1. The predicted octanol–water partition coefficient (Wildman–Crippen LogP) is 3.82. The summed E-state index contributed by atoms with van der Waals surface area (Å²) in [6.07, 6.45) is -5.49. The molecular formula is C18H16F3NO3. The largest absolute Gasteiger partial charge is 0.452 e. The summed E-state index contributed by atoms with van der Waals surface area (Å²) in [6.45, 7) is 1.39. The van der Waals surface area contributed by atoms with Crippen molar-refractivity contribution in [1.29, 1.82) is 0 Å². The highest BCUT2D eigenvalue weighted by atomic mass is 19.4. The summed E-state index contributed by atoms with van der Waals surface area (Å²) in [7, 11) is 0. The summed E-state index contributed by atoms with van der Waals surface area (Å²) in [5.41, 5.74) is 0.125. The number of hydrogen-bond acceptors (Lipinski definition) is 3. The summed E-state index contributed by atoms with van der Waals surface area (Å²) < 4.78 is 42.5. The highest BCUT2D eigenvalue weighted by molar-refractivity contribution is 5.95. The maximum Gasteiger partial charge on any atom is 0.416 e. The zero-order valence-electron chi connectivity index (χ0n) is 13.3. The van der Waals surface area contributed by atoms with Crippen molar-refractivity contribution in [3.63, 3.8) is 0 Å². The first-order valence-electron chi connectivity index (χ1n) is 7.47. The molecule has 1 N–H and O–H groups in total. The van der Waals surface area contributed by atoms with Crippen molar-refractivity contribution in [2.24, 2.45) is 0 Å². The van der Waals surface area contributed by atoms with Crippen molar-refractivity contribution in [3.05, 3.63) is 65.7 Å². The smallest absolute Gasteiger partial charge is 0.416 e. The molecule has 7 heteroatoms. The number of anilines is 1. The summed E-state index contributed by atoms with van der Waals surface area (Å²) in [4.78, 5) is 23.8. The molecule has 0 aromatic heterocycles. The van der Waals surface area contributed by atoms with E-state index in [1.54, 1.807) is 24.3 Å². The highest BCUT2D eigenvalue weighted by Gasteiger charge is 2.30. The van der Waals surface area contributed by atoms with Crippen LogP contribution in [-0.4, -0.2) is 18.0 Å². The van der Waals surface area contributed by atoms with Crippen LogP contribution in [0.2, 0.25) is 0 Å². The Morgan fingerprint density at radius 3 is 2.20 bits per heavy atom. The maximum atomic E-state index is 12.5. The first-order valence-corrected chi connectivity index (χ1v) is 7.47. The van der Waals surface area contributed by atoms with Gasteiger partial charge in [-0.1, -0.05) is 30.3 Å². The van der Waals surface area contributed by atoms with Gasteiger partial charge < -0.3 is 10.1 Å². The summed E-state index contributed by atoms with van der Waals surface area (Å²) >= 11 is 0. The van der Waals surface area contributed by atoms with Gasteiger partial charge >= 0.3 is 12.1 Å². The Morgan fingerprint density at radius 1 is 1.04 bits per heavy atom. The fourth-order valence-corrected chi connectivity index (χ4v) is 2.04. The first-order chi connectivity index (χ1) is 11.8. The van der Waals surface area contributed by atoms with Crippen LogP contribution in [0.15, 0.2) is 54.6 Å². The quantitative estimate of drug-likeness (QED) is 0.833. The van der Waals surface area contributed by atoms with Crippen LogP contribution < -0.4 is 5.32 Å². The molecule has 0 spiro atoms. The molecule has 0 heterocycles. The Balaban J connectivity index is 1.88. The van der Waals surface area contributed by atoms with Crippen molar-refractivity contribution in [2.75, 3.05) is 5.32 Å². The Bertz CT molecular complexity index is 727. The third-order valence-electron chi connectivity index (χ3n) is 3.35. The van der Waals surface area contributed by atoms with Crippen molar-refractivity contribution in [2.45, 2.75) is 25.6 Å². The average molecular weight is 351 g/mol. The van der Waals surface area contributed by atoms with Crippen LogP contribution in [0.4, 0.5) is 18.9 Å². The third kappa shape index (κ3) is 5.63. The topological polar surface area (TPSA) is 55.4 Å². The molecule has 2 rings (SSSR count). The van der Waals surface area contributed by atoms with Gasteiger partial charge in [-0.2, -0.15) is 13.2 Å². The van der Waals surface area contributed by atoms with E-state index in [9.17, 15) is 22.8 Å². The molecule has 0 radical (unpaired) electrons. The molecule has 1 amide bonds. The van der Waals surface area contributed by atoms with Gasteiger partial charge in [0.2, 0.25) is 0 Å². The highest BCUT2D eigenvalue weighted by Crippen LogP contribution is 2.29. The van der Waals surface area contributed by atoms with E-state index in [0.29, 0.717) is 0 Å². The normalized spacial score (nSPS) is 12.3. The lowest BCUT2D eigenvalue weighted by Crippen LogP contribution is -2.30. The maximum absolute atomic E-state index is 12.5. The number of carbonyl (C=O) groups excluding carboxylic acids is 2. The molecule has 0 aliphatic carbocycles. The number of alkyl halides is 3. The van der Waals surface area contributed by atoms with Crippen molar-refractivity contribution in [3.8, 4) is 0 Å². The lowest BCUT2D eigenvalue weighted by atomic mass is 10.1. The first kappa shape index (κ1) is 18.5. The molecule has 1 atom stereocenters. The van der Waals surface area contributed by atoms with E-state index in [1.807, 2.05) is 6.07 Å². The molecular weight excluding hydrogens is 335 g/mol. The van der Waals surface area contributed by atoms with Crippen LogP contribution in [0.3, 0.4) is 0 Å². The van der Waals surface area contributed by atoms with Gasteiger partial charge in [0.25, 0.3) is 5.91 Å². The zero-order valence-corrected chi connectivity index (χ0v) is 13.3. The van der Waals surface area contributed by atoms with Gasteiger partial charge in [-0.15, -0.1) is 0 Å². The van der Waals surface area contributed by atoms with Crippen LogP contribution in [0.25, 0.3) is 0 Å². The summed E-state index contributed by atoms with van der Waals surface area (Å²) in [5.74, 6) is -1.19. The van der Waals surface area contributed by atoms with Gasteiger partial charge in [-0.3, -0.25) is 9.59 Å². The average Bonchev–Trinajstić information content (AvgIpc) is 2.55. The number of hydrogen-bond donors (Lipinski definition) is 1. The molecule has 0 bridgehead atoms. The number of esters is 1. The molecule has 0 saturated carbocycles. The van der Waals surface area contributed by atoms with E-state index < -0.39 is 29.7 Å². The minimum Gasteiger partial charge on any atom is -0.452 e. The van der Waals surface area contributed by atoms with Crippen molar-refractivity contribution < 1.29 is 27.5 Å². The van der Waals surface area contributed by atoms with Gasteiger partial charge in [-0.25, -0.2) is 0 Å². The third-order valence-corrected chi connectivity index (χ3v) is 3.35. The fourth-order valence-electron chi connectivity index (χ4n) is 2.04. The van der Waals surface area contributed by atoms with E-state index in [-0.39, 0.29) is 12.1 Å². The molecule has 0 aliphatic heterocycles. The molecule has 2 aromatic rings. The number of rotatable bonds is 5. The number of nitrogens with one attached hydrogen (secondary N) is 1. The van der Waals surface area contributed by atoms with Gasteiger partial charge in [0.15, 0.2) is 6.10 Å². The van der Waals surface area contributed by atoms with Crippen LogP contribution in [0.5, 0.6) is 0 Å². The minimum atomic E-state index is -4.44. The molecule has 132 valence electrons. The van der Waals surface area contributed by atoms with Gasteiger partial charge in [0.1, 0.15) is 0 Å². The zero-order chi connectivity index (χ0) is 18.4. The van der Waals surface area contributed by atoms with Gasteiger partial charge in [0.05, 0.1) is 12.0 Å². The Hall–Kier alpha value is -2.83. The SMILES string of the molecule is C[C@@H](OC(=O)Cc1ccccc1)C(=O)Nc1ccc(C(F)(F)F)cc1. The second kappa shape index (κ2) is 7.83. The summed E-state index contributed by atoms with van der Waals surface area (Å²) in [6, 6.07) is 12.9. The number of halogens is 3. The van der Waals surface area contributed by atoms with E-state index in [1.165, 1.54) is 6.92 Å². The lowest BCUT2D eigenvalue weighted by molar-refractivity contribution is -0.152. The Labute approximate surface area is 142 Å². The summed E-state index contributed by atoms with van der Waals surface area (Å²) in [5, 5.41) is 2.41. The molecule has 2 aromatic carbocycles. The number of amides is 1. The Morgan fingerprint density at radius 2 is 1.64 bits per heavy atom. The van der Waals surface area contributed by atoms with Crippen LogP contribution in [0.1, 0.15) is 18.1 Å². The number of benzene rings is 2. The van der Waals surface area contributed by atoms with Crippen LogP contribution in [-0.2, 0) is 26.9 Å². The van der Waals surface area contributed by atoms with E-state index in [0.717, 1.165) is 29.8 Å². The second-order valence-electron chi connectivity index (χ2n) is 5.36. The molecule has 4 nitrogen and oxygen atoms in total. The lowest BCUT2D eigenvalue weighted by Gasteiger charge is -2.14. The molecule has 0 aliphatic rings. The van der Waals surface area contributed by atoms with E-state index in [4.69, 9.17) is 4.74 Å². The molecule has 0 unspecified atom stereocenters. The van der Waals surface area contributed by atoms with Gasteiger partial charge in [0, 0.05) is 5.69 Å². The Kier molecular flexibility index (Phi) is 5.80. The van der Waals surface area contributed by atoms with E-state index in [2.05, 4.69) is 5.32 Å². The monoisotopic (exact) mass is 351 g/mol. The van der Waals surface area contributed by atoms with Gasteiger partial charge in [-0.05, 0) is 36.8 Å². The molecule has 0 saturated heterocycles. The van der Waals surface area contributed by atoms with Crippen LogP contribution in [0, 0.1) is 0 Å². The van der Waals surface area contributed by atoms with Crippen LogP contribution >= 0.6 is 0 Å². The molecule has 25 heavy (non-hydrogen) atoms. The fraction of sp³-hybridized carbons (Fsp3) is 0.222.